The van der Waals surface area contributed by atoms with Gasteiger partial charge in [0.2, 0.25) is 0 Å². The highest BCUT2D eigenvalue weighted by Crippen LogP contribution is 2.40. The van der Waals surface area contributed by atoms with Crippen LogP contribution in [0.4, 0.5) is 0 Å². The Hall–Kier alpha value is -0.190. The molecule has 0 bridgehead atoms. The maximum atomic E-state index is 3.63. The molecule has 104 valence electrons. The molecule has 1 aliphatic heterocycles. The molecule has 2 atom stereocenters. The van der Waals surface area contributed by atoms with E-state index < -0.39 is 0 Å². The van der Waals surface area contributed by atoms with Crippen molar-refractivity contribution >= 4 is 11.8 Å². The van der Waals surface area contributed by atoms with E-state index in [0.717, 1.165) is 19.0 Å². The van der Waals surface area contributed by atoms with Gasteiger partial charge >= 0.3 is 0 Å². The summed E-state index contributed by atoms with van der Waals surface area (Å²) < 4.78 is 0. The summed E-state index contributed by atoms with van der Waals surface area (Å²) >= 11 is 2.01. The second kappa shape index (κ2) is 7.41. The van der Waals surface area contributed by atoms with Crippen molar-refractivity contribution in [1.82, 2.24) is 16.0 Å². The molecule has 1 unspecified atom stereocenters. The lowest BCUT2D eigenvalue weighted by Crippen LogP contribution is -2.36. The Morgan fingerprint density at radius 3 is 2.89 bits per heavy atom. The van der Waals surface area contributed by atoms with Crippen molar-refractivity contribution < 1.29 is 0 Å². The number of hydrogen-bond acceptors (Lipinski definition) is 4. The lowest BCUT2D eigenvalue weighted by molar-refractivity contribution is 0.423. The largest absolute Gasteiger partial charge is 0.364 e. The molecule has 0 aromatic carbocycles. The first kappa shape index (κ1) is 14.2. The average molecular weight is 269 g/mol. The van der Waals surface area contributed by atoms with Gasteiger partial charge in [0, 0.05) is 10.6 Å². The van der Waals surface area contributed by atoms with Gasteiger partial charge in [-0.2, -0.15) is 0 Å². The number of thioether (sulfide) groups is 1. The predicted molar refractivity (Wildman–Crippen MR) is 80.3 cm³/mol. The van der Waals surface area contributed by atoms with Gasteiger partial charge in [-0.3, -0.25) is 5.32 Å². The average Bonchev–Trinajstić information content (AvgIpc) is 2.78. The molecule has 0 radical (unpaired) electrons. The maximum absolute atomic E-state index is 3.63. The Morgan fingerprint density at radius 1 is 1.28 bits per heavy atom. The molecule has 1 aliphatic carbocycles. The second-order valence-corrected chi connectivity index (χ2v) is 6.51. The Labute approximate surface area is 116 Å². The highest BCUT2D eigenvalue weighted by atomic mass is 32.2. The van der Waals surface area contributed by atoms with Crippen LogP contribution in [0.2, 0.25) is 0 Å². The van der Waals surface area contributed by atoms with Crippen LogP contribution in [0.25, 0.3) is 0 Å². The van der Waals surface area contributed by atoms with E-state index in [2.05, 4.69) is 29.8 Å². The highest BCUT2D eigenvalue weighted by molar-refractivity contribution is 8.03. The lowest BCUT2D eigenvalue weighted by atomic mass is 9.92. The molecular formula is C14H27N3S. The quantitative estimate of drug-likeness (QED) is 0.621. The Balaban J connectivity index is 1.73. The van der Waals surface area contributed by atoms with E-state index in [-0.39, 0.29) is 0 Å². The normalized spacial score (nSPS) is 27.2. The monoisotopic (exact) mass is 269 g/mol. The lowest BCUT2D eigenvalue weighted by Gasteiger charge is -2.23. The van der Waals surface area contributed by atoms with Crippen LogP contribution in [0.3, 0.4) is 0 Å². The molecule has 0 saturated heterocycles. The zero-order valence-corrected chi connectivity index (χ0v) is 12.5. The first-order chi connectivity index (χ1) is 8.83. The Bertz CT molecular complexity index is 291. The van der Waals surface area contributed by atoms with Crippen LogP contribution in [0.15, 0.2) is 10.6 Å². The van der Waals surface area contributed by atoms with E-state index in [1.54, 1.807) is 4.91 Å². The third-order valence-corrected chi connectivity index (χ3v) is 4.84. The summed E-state index contributed by atoms with van der Waals surface area (Å²) in [7, 11) is 0. The van der Waals surface area contributed by atoms with Gasteiger partial charge in [0.1, 0.15) is 5.50 Å². The number of hydrogen-bond donors (Lipinski definition) is 3. The number of nitrogens with one attached hydrogen (secondary N) is 3. The molecule has 2 aliphatic rings. The van der Waals surface area contributed by atoms with Crippen LogP contribution in [-0.4, -0.2) is 25.1 Å². The van der Waals surface area contributed by atoms with E-state index in [1.807, 2.05) is 11.8 Å². The number of rotatable bonds is 7. The summed E-state index contributed by atoms with van der Waals surface area (Å²) in [4.78, 5) is 1.61. The minimum atomic E-state index is 0.428. The van der Waals surface area contributed by atoms with Gasteiger partial charge in [-0.1, -0.05) is 25.6 Å². The van der Waals surface area contributed by atoms with Crippen molar-refractivity contribution in [2.75, 3.05) is 19.6 Å². The van der Waals surface area contributed by atoms with Gasteiger partial charge < -0.3 is 10.6 Å². The molecule has 2 rings (SSSR count). The van der Waals surface area contributed by atoms with Crippen LogP contribution >= 0.6 is 11.8 Å². The fourth-order valence-electron chi connectivity index (χ4n) is 2.60. The van der Waals surface area contributed by atoms with Crippen LogP contribution in [0.5, 0.6) is 0 Å². The third kappa shape index (κ3) is 3.90. The Morgan fingerprint density at radius 2 is 2.11 bits per heavy atom. The third-order valence-electron chi connectivity index (χ3n) is 3.62. The van der Waals surface area contributed by atoms with Gasteiger partial charge in [0.25, 0.3) is 0 Å². The smallest absolute Gasteiger partial charge is 0.129 e. The molecule has 0 aromatic rings. The first-order valence-corrected chi connectivity index (χ1v) is 8.30. The fraction of sp³-hybridized carbons (Fsp3) is 0.857. The first-order valence-electron chi connectivity index (χ1n) is 7.42. The summed E-state index contributed by atoms with van der Waals surface area (Å²) in [5.74, 6) is 0.842. The summed E-state index contributed by atoms with van der Waals surface area (Å²) in [5, 5.41) is 10.7. The van der Waals surface area contributed by atoms with Crippen molar-refractivity contribution in [2.45, 2.75) is 51.4 Å². The second-order valence-electron chi connectivity index (χ2n) is 5.31. The molecule has 0 aromatic heterocycles. The van der Waals surface area contributed by atoms with E-state index >= 15 is 0 Å². The standard InChI is InChI=1S/C14H27N3S/c1-3-7-15-10-11-5-6-12-13(9-11)18-14(17-12)16-8-4-2/h11,14-17H,3-10H2,1-2H3/t11-,14?/m0/s1. The zero-order chi connectivity index (χ0) is 12.8. The summed E-state index contributed by atoms with van der Waals surface area (Å²) in [6, 6.07) is 0. The molecule has 3 nitrogen and oxygen atoms in total. The maximum Gasteiger partial charge on any atom is 0.129 e. The molecule has 0 fully saturated rings. The minimum Gasteiger partial charge on any atom is -0.364 e. The zero-order valence-electron chi connectivity index (χ0n) is 11.7. The van der Waals surface area contributed by atoms with Crippen LogP contribution in [-0.2, 0) is 0 Å². The van der Waals surface area contributed by atoms with E-state index in [4.69, 9.17) is 0 Å². The van der Waals surface area contributed by atoms with Crippen LogP contribution in [0, 0.1) is 5.92 Å². The van der Waals surface area contributed by atoms with Gasteiger partial charge in [-0.05, 0) is 57.7 Å². The van der Waals surface area contributed by atoms with E-state index in [0.29, 0.717) is 5.50 Å². The summed E-state index contributed by atoms with van der Waals surface area (Å²) in [6.07, 6.45) is 6.29. The van der Waals surface area contributed by atoms with Gasteiger partial charge in [0.05, 0.1) is 0 Å². The molecule has 18 heavy (non-hydrogen) atoms. The molecule has 0 spiro atoms. The van der Waals surface area contributed by atoms with Crippen molar-refractivity contribution in [2.24, 2.45) is 5.92 Å². The molecule has 4 heteroatoms. The molecular weight excluding hydrogens is 242 g/mol. The Kier molecular flexibility index (Phi) is 5.86. The summed E-state index contributed by atoms with van der Waals surface area (Å²) in [6.45, 7) is 7.91. The van der Waals surface area contributed by atoms with Crippen molar-refractivity contribution in [3.63, 3.8) is 0 Å². The van der Waals surface area contributed by atoms with Gasteiger partial charge in [0.15, 0.2) is 0 Å². The van der Waals surface area contributed by atoms with Crippen molar-refractivity contribution in [3.05, 3.63) is 10.6 Å². The van der Waals surface area contributed by atoms with Gasteiger partial charge in [-0.25, -0.2) is 0 Å². The fourth-order valence-corrected chi connectivity index (χ4v) is 3.92. The minimum absolute atomic E-state index is 0.428. The molecule has 3 N–H and O–H groups in total. The topological polar surface area (TPSA) is 36.1 Å². The molecule has 0 amide bonds. The predicted octanol–water partition coefficient (Wildman–Crippen LogP) is 2.62. The van der Waals surface area contributed by atoms with E-state index in [1.165, 1.54) is 44.3 Å². The van der Waals surface area contributed by atoms with Crippen molar-refractivity contribution in [1.29, 1.82) is 0 Å². The van der Waals surface area contributed by atoms with E-state index in [9.17, 15) is 0 Å². The number of allylic oxidation sites excluding steroid dienone is 2. The molecule has 0 saturated carbocycles. The van der Waals surface area contributed by atoms with Crippen LogP contribution < -0.4 is 16.0 Å². The SMILES string of the molecule is CCCNC[C@H]1CCC2=C(C1)SC(NCCC)N2. The summed E-state index contributed by atoms with van der Waals surface area (Å²) in [5.41, 5.74) is 1.94. The van der Waals surface area contributed by atoms with Crippen LogP contribution in [0.1, 0.15) is 46.0 Å². The molecule has 1 heterocycles. The van der Waals surface area contributed by atoms with Crippen molar-refractivity contribution in [3.8, 4) is 0 Å². The van der Waals surface area contributed by atoms with Gasteiger partial charge in [-0.15, -0.1) is 0 Å². The highest BCUT2D eigenvalue weighted by Gasteiger charge is 2.29.